The van der Waals surface area contributed by atoms with Gasteiger partial charge in [-0.15, -0.1) is 0 Å². The van der Waals surface area contributed by atoms with Crippen LogP contribution < -0.4 is 0 Å². The summed E-state index contributed by atoms with van der Waals surface area (Å²) in [7, 11) is 0. The maximum absolute atomic E-state index is 13.7. The van der Waals surface area contributed by atoms with Crippen molar-refractivity contribution in [3.8, 4) is 0 Å². The normalized spacial score (nSPS) is 12.8. The first-order valence-corrected chi connectivity index (χ1v) is 6.56. The van der Waals surface area contributed by atoms with Crippen LogP contribution in [0.15, 0.2) is 57.8 Å². The van der Waals surface area contributed by atoms with E-state index in [2.05, 4.69) is 15.9 Å². The molecule has 0 amide bonds. The van der Waals surface area contributed by atoms with Crippen LogP contribution in [0, 0.1) is 5.82 Å². The van der Waals surface area contributed by atoms with Gasteiger partial charge in [-0.2, -0.15) is 0 Å². The van der Waals surface area contributed by atoms with Gasteiger partial charge in [-0.05, 0) is 39.0 Å². The highest BCUT2D eigenvalue weighted by molar-refractivity contribution is 9.10. The first-order chi connectivity index (χ1) is 9.18. The molecular weight excluding hydrogens is 311 g/mol. The fraction of sp³-hybridized carbons (Fsp3) is 0.0667. The van der Waals surface area contributed by atoms with Gasteiger partial charge in [-0.1, -0.05) is 30.3 Å². The van der Waals surface area contributed by atoms with Gasteiger partial charge in [0.05, 0.1) is 6.26 Å². The van der Waals surface area contributed by atoms with Crippen molar-refractivity contribution >= 4 is 26.7 Å². The summed E-state index contributed by atoms with van der Waals surface area (Å²) in [5.41, 5.74) is 1.27. The summed E-state index contributed by atoms with van der Waals surface area (Å²) in [5, 5.41) is 11.6. The van der Waals surface area contributed by atoms with Crippen molar-refractivity contribution in [2.75, 3.05) is 0 Å². The molecule has 0 spiro atoms. The Balaban J connectivity index is 2.21. The molecule has 1 aromatic heterocycles. The molecule has 4 heteroatoms. The van der Waals surface area contributed by atoms with Crippen LogP contribution >= 0.6 is 15.9 Å². The van der Waals surface area contributed by atoms with E-state index >= 15 is 0 Å². The molecule has 3 aromatic rings. The zero-order valence-corrected chi connectivity index (χ0v) is 11.4. The molecule has 1 heterocycles. The monoisotopic (exact) mass is 320 g/mol. The summed E-state index contributed by atoms with van der Waals surface area (Å²) in [6.07, 6.45) is 0.632. The van der Waals surface area contributed by atoms with Crippen molar-refractivity contribution in [2.45, 2.75) is 6.10 Å². The van der Waals surface area contributed by atoms with Gasteiger partial charge in [0.15, 0.2) is 4.67 Å². The van der Waals surface area contributed by atoms with Gasteiger partial charge in [0.2, 0.25) is 0 Å². The second-order valence-corrected chi connectivity index (χ2v) is 4.95. The number of hydrogen-bond donors (Lipinski definition) is 1. The predicted octanol–water partition coefficient (Wildman–Crippen LogP) is 4.42. The molecule has 3 rings (SSSR count). The van der Waals surface area contributed by atoms with Gasteiger partial charge in [-0.25, -0.2) is 4.39 Å². The molecule has 1 atom stereocenters. The summed E-state index contributed by atoms with van der Waals surface area (Å²) in [5.74, 6) is -0.294. The van der Waals surface area contributed by atoms with Gasteiger partial charge < -0.3 is 9.52 Å². The highest BCUT2D eigenvalue weighted by Crippen LogP contribution is 2.33. The standard InChI is InChI=1S/C15H10BrFO2/c16-15-12(7-8-19-15)14(18)11-5-6-13(17)10-4-2-1-3-9(10)11/h1-8,14,18H. The van der Waals surface area contributed by atoms with Crippen molar-refractivity contribution < 1.29 is 13.9 Å². The van der Waals surface area contributed by atoms with Gasteiger partial charge in [0.1, 0.15) is 11.9 Å². The quantitative estimate of drug-likeness (QED) is 0.758. The molecule has 0 aliphatic heterocycles. The number of benzene rings is 2. The Hall–Kier alpha value is -1.65. The zero-order chi connectivity index (χ0) is 13.4. The Morgan fingerprint density at radius 2 is 1.74 bits per heavy atom. The summed E-state index contributed by atoms with van der Waals surface area (Å²) >= 11 is 3.24. The SMILES string of the molecule is OC(c1ccoc1Br)c1ccc(F)c2ccccc12. The number of fused-ring (bicyclic) bond motifs is 1. The minimum atomic E-state index is -0.862. The van der Waals surface area contributed by atoms with Crippen LogP contribution in [0.25, 0.3) is 10.8 Å². The van der Waals surface area contributed by atoms with Crippen LogP contribution in [0.4, 0.5) is 4.39 Å². The van der Waals surface area contributed by atoms with Crippen LogP contribution in [0.5, 0.6) is 0 Å². The molecule has 2 aromatic carbocycles. The third-order valence-corrected chi connectivity index (χ3v) is 3.78. The molecule has 0 fully saturated rings. The van der Waals surface area contributed by atoms with Gasteiger partial charge in [-0.3, -0.25) is 0 Å². The Morgan fingerprint density at radius 3 is 2.42 bits per heavy atom. The molecule has 0 saturated heterocycles. The first-order valence-electron chi connectivity index (χ1n) is 5.76. The molecule has 0 radical (unpaired) electrons. The summed E-state index contributed by atoms with van der Waals surface area (Å²) in [6, 6.07) is 11.7. The maximum Gasteiger partial charge on any atom is 0.175 e. The highest BCUT2D eigenvalue weighted by atomic mass is 79.9. The zero-order valence-electron chi connectivity index (χ0n) is 9.81. The van der Waals surface area contributed by atoms with Gasteiger partial charge in [0.25, 0.3) is 0 Å². The number of aliphatic hydroxyl groups excluding tert-OH is 1. The van der Waals surface area contributed by atoms with E-state index in [1.807, 2.05) is 6.07 Å². The largest absolute Gasteiger partial charge is 0.457 e. The van der Waals surface area contributed by atoms with Crippen molar-refractivity contribution in [3.05, 3.63) is 70.3 Å². The predicted molar refractivity (Wildman–Crippen MR) is 74.4 cm³/mol. The fourth-order valence-corrected chi connectivity index (χ4v) is 2.65. The van der Waals surface area contributed by atoms with Crippen LogP contribution in [0.2, 0.25) is 0 Å². The lowest BCUT2D eigenvalue weighted by molar-refractivity contribution is 0.219. The van der Waals surface area contributed by atoms with Crippen LogP contribution in [-0.4, -0.2) is 5.11 Å². The second-order valence-electron chi connectivity index (χ2n) is 4.23. The van der Waals surface area contributed by atoms with Crippen LogP contribution in [-0.2, 0) is 0 Å². The average Bonchev–Trinajstić information content (AvgIpc) is 2.85. The number of hydrogen-bond acceptors (Lipinski definition) is 2. The van der Waals surface area contributed by atoms with E-state index < -0.39 is 6.10 Å². The fourth-order valence-electron chi connectivity index (χ4n) is 2.19. The molecule has 96 valence electrons. The highest BCUT2D eigenvalue weighted by Gasteiger charge is 2.19. The lowest BCUT2D eigenvalue weighted by Crippen LogP contribution is -2.00. The minimum Gasteiger partial charge on any atom is -0.457 e. The molecule has 19 heavy (non-hydrogen) atoms. The number of furan rings is 1. The van der Waals surface area contributed by atoms with E-state index in [1.165, 1.54) is 12.3 Å². The van der Waals surface area contributed by atoms with E-state index in [4.69, 9.17) is 4.42 Å². The number of rotatable bonds is 2. The van der Waals surface area contributed by atoms with Gasteiger partial charge >= 0.3 is 0 Å². The maximum atomic E-state index is 13.7. The van der Waals surface area contributed by atoms with E-state index in [-0.39, 0.29) is 5.82 Å². The molecule has 2 nitrogen and oxygen atoms in total. The van der Waals surface area contributed by atoms with Crippen molar-refractivity contribution in [2.24, 2.45) is 0 Å². The van der Waals surface area contributed by atoms with Crippen molar-refractivity contribution in [1.29, 1.82) is 0 Å². The lowest BCUT2D eigenvalue weighted by atomic mass is 9.97. The molecule has 0 bridgehead atoms. The lowest BCUT2D eigenvalue weighted by Gasteiger charge is -2.13. The van der Waals surface area contributed by atoms with E-state index in [0.717, 1.165) is 0 Å². The topological polar surface area (TPSA) is 33.4 Å². The molecule has 1 unspecified atom stereocenters. The molecular formula is C15H10BrFO2. The van der Waals surface area contributed by atoms with Gasteiger partial charge in [0, 0.05) is 10.9 Å². The smallest absolute Gasteiger partial charge is 0.175 e. The Bertz CT molecular complexity index is 736. The summed E-state index contributed by atoms with van der Waals surface area (Å²) in [6.45, 7) is 0. The van der Waals surface area contributed by atoms with E-state index in [9.17, 15) is 9.50 Å². The van der Waals surface area contributed by atoms with Crippen molar-refractivity contribution in [3.63, 3.8) is 0 Å². The minimum absolute atomic E-state index is 0.294. The number of halogens is 2. The third kappa shape index (κ3) is 2.07. The molecule has 1 N–H and O–H groups in total. The molecule has 0 aliphatic carbocycles. The first kappa shape index (κ1) is 12.4. The van der Waals surface area contributed by atoms with Crippen LogP contribution in [0.1, 0.15) is 17.2 Å². The Morgan fingerprint density at radius 1 is 1.00 bits per heavy atom. The second kappa shape index (κ2) is 4.79. The summed E-state index contributed by atoms with van der Waals surface area (Å²) in [4.78, 5) is 0. The summed E-state index contributed by atoms with van der Waals surface area (Å²) < 4.78 is 19.3. The van der Waals surface area contributed by atoms with E-state index in [0.29, 0.717) is 26.6 Å². The Labute approximate surface area is 117 Å². The molecule has 0 saturated carbocycles. The van der Waals surface area contributed by atoms with Crippen molar-refractivity contribution in [1.82, 2.24) is 0 Å². The van der Waals surface area contributed by atoms with E-state index in [1.54, 1.807) is 30.3 Å². The molecule has 0 aliphatic rings. The average molecular weight is 321 g/mol. The number of aliphatic hydroxyl groups is 1. The van der Waals surface area contributed by atoms with Crippen LogP contribution in [0.3, 0.4) is 0 Å². The third-order valence-electron chi connectivity index (χ3n) is 3.14. The Kier molecular flexibility index (Phi) is 3.12.